The Bertz CT molecular complexity index is 349. The fourth-order valence-electron chi connectivity index (χ4n) is 2.84. The van der Waals surface area contributed by atoms with E-state index >= 15 is 0 Å². The molecule has 19 heavy (non-hydrogen) atoms. The van der Waals surface area contributed by atoms with Crippen molar-refractivity contribution in [3.8, 4) is 0 Å². The van der Waals surface area contributed by atoms with E-state index in [0.717, 1.165) is 26.0 Å². The lowest BCUT2D eigenvalue weighted by atomic mass is 10.0. The number of ether oxygens (including phenoxy) is 1. The Balaban J connectivity index is 1.97. The molecule has 0 saturated carbocycles. The van der Waals surface area contributed by atoms with Gasteiger partial charge in [-0.05, 0) is 38.3 Å². The normalized spacial score (nSPS) is 21.5. The first-order chi connectivity index (χ1) is 9.31. The third-order valence-electron chi connectivity index (χ3n) is 3.88. The van der Waals surface area contributed by atoms with E-state index in [2.05, 4.69) is 36.2 Å². The van der Waals surface area contributed by atoms with E-state index in [1.54, 1.807) is 0 Å². The Labute approximate surface area is 116 Å². The summed E-state index contributed by atoms with van der Waals surface area (Å²) in [6.45, 7) is 2.06. The van der Waals surface area contributed by atoms with Crippen LogP contribution in [0.1, 0.15) is 37.3 Å². The van der Waals surface area contributed by atoms with Crippen molar-refractivity contribution in [1.82, 2.24) is 4.90 Å². The molecule has 0 spiro atoms. The molecule has 1 heterocycles. The minimum absolute atomic E-state index is 0.218. The fourth-order valence-corrected chi connectivity index (χ4v) is 2.84. The third kappa shape index (κ3) is 4.30. The van der Waals surface area contributed by atoms with Gasteiger partial charge in [-0.3, -0.25) is 4.90 Å². The Kier molecular flexibility index (Phi) is 5.83. The van der Waals surface area contributed by atoms with Crippen LogP contribution in [0.15, 0.2) is 30.3 Å². The van der Waals surface area contributed by atoms with Crippen LogP contribution in [-0.2, 0) is 4.74 Å². The summed E-state index contributed by atoms with van der Waals surface area (Å²) in [5, 5.41) is 9.29. The smallest absolute Gasteiger partial charge is 0.0702 e. The molecule has 0 radical (unpaired) electrons. The molecule has 1 aliphatic heterocycles. The molecule has 0 bridgehead atoms. The molecule has 2 unspecified atom stereocenters. The van der Waals surface area contributed by atoms with Crippen LogP contribution in [-0.4, -0.2) is 42.9 Å². The summed E-state index contributed by atoms with van der Waals surface area (Å²) in [6.07, 6.45) is 4.75. The number of nitrogens with zero attached hydrogens (tertiary/aromatic N) is 1. The fraction of sp³-hybridized carbons (Fsp3) is 0.625. The Hall–Kier alpha value is -0.900. The number of aliphatic hydroxyl groups excluding tert-OH is 1. The van der Waals surface area contributed by atoms with Crippen molar-refractivity contribution < 1.29 is 9.84 Å². The number of benzene rings is 1. The van der Waals surface area contributed by atoms with Gasteiger partial charge in [-0.25, -0.2) is 0 Å². The number of aliphatic hydroxyl groups is 1. The second kappa shape index (κ2) is 7.63. The van der Waals surface area contributed by atoms with Crippen LogP contribution in [0.2, 0.25) is 0 Å². The molecule has 0 aliphatic carbocycles. The lowest BCUT2D eigenvalue weighted by Gasteiger charge is -2.33. The molecule has 3 heteroatoms. The minimum Gasteiger partial charge on any atom is -0.396 e. The topological polar surface area (TPSA) is 32.7 Å². The van der Waals surface area contributed by atoms with Gasteiger partial charge in [0.15, 0.2) is 0 Å². The standard InChI is InChI=1S/C16H25NO2/c1-17(13-15-9-5-6-12-19-15)16(10-11-18)14-7-3-2-4-8-14/h2-4,7-8,15-16,18H,5-6,9-13H2,1H3. The third-order valence-corrected chi connectivity index (χ3v) is 3.88. The van der Waals surface area contributed by atoms with E-state index in [1.807, 2.05) is 6.07 Å². The monoisotopic (exact) mass is 263 g/mol. The molecule has 1 aromatic rings. The van der Waals surface area contributed by atoms with Gasteiger partial charge in [0, 0.05) is 25.8 Å². The van der Waals surface area contributed by atoms with Crippen molar-refractivity contribution >= 4 is 0 Å². The number of likely N-dealkylation sites (N-methyl/N-ethyl adjacent to an activating group) is 1. The average molecular weight is 263 g/mol. The van der Waals surface area contributed by atoms with Crippen molar-refractivity contribution in [2.75, 3.05) is 26.8 Å². The zero-order valence-corrected chi connectivity index (χ0v) is 11.8. The molecular weight excluding hydrogens is 238 g/mol. The van der Waals surface area contributed by atoms with Gasteiger partial charge in [-0.2, -0.15) is 0 Å². The van der Waals surface area contributed by atoms with E-state index in [0.29, 0.717) is 6.10 Å². The highest BCUT2D eigenvalue weighted by atomic mass is 16.5. The van der Waals surface area contributed by atoms with Crippen molar-refractivity contribution in [2.45, 2.75) is 37.8 Å². The molecule has 1 saturated heterocycles. The Morgan fingerprint density at radius 2 is 2.11 bits per heavy atom. The predicted molar refractivity (Wildman–Crippen MR) is 77.1 cm³/mol. The van der Waals surface area contributed by atoms with Gasteiger partial charge >= 0.3 is 0 Å². The summed E-state index contributed by atoms with van der Waals surface area (Å²) in [7, 11) is 2.13. The first-order valence-corrected chi connectivity index (χ1v) is 7.29. The van der Waals surface area contributed by atoms with Gasteiger partial charge in [-0.1, -0.05) is 30.3 Å². The molecule has 2 atom stereocenters. The predicted octanol–water partition coefficient (Wildman–Crippen LogP) is 2.61. The molecule has 0 aromatic heterocycles. The number of hydrogen-bond donors (Lipinski definition) is 1. The van der Waals surface area contributed by atoms with Gasteiger partial charge in [0.25, 0.3) is 0 Å². The first kappa shape index (κ1) is 14.5. The van der Waals surface area contributed by atoms with Gasteiger partial charge < -0.3 is 9.84 Å². The van der Waals surface area contributed by atoms with Crippen LogP contribution in [0.5, 0.6) is 0 Å². The second-order valence-corrected chi connectivity index (χ2v) is 5.37. The highest BCUT2D eigenvalue weighted by Gasteiger charge is 2.21. The average Bonchev–Trinajstić information content (AvgIpc) is 2.46. The van der Waals surface area contributed by atoms with Gasteiger partial charge in [0.2, 0.25) is 0 Å². The Morgan fingerprint density at radius 1 is 1.32 bits per heavy atom. The lowest BCUT2D eigenvalue weighted by molar-refractivity contribution is -0.0101. The molecular formula is C16H25NO2. The summed E-state index contributed by atoms with van der Waals surface area (Å²) in [4.78, 5) is 2.32. The number of hydrogen-bond acceptors (Lipinski definition) is 3. The Morgan fingerprint density at radius 3 is 2.74 bits per heavy atom. The van der Waals surface area contributed by atoms with E-state index < -0.39 is 0 Å². The quantitative estimate of drug-likeness (QED) is 0.856. The number of rotatable bonds is 6. The van der Waals surface area contributed by atoms with Crippen molar-refractivity contribution in [2.24, 2.45) is 0 Å². The molecule has 1 N–H and O–H groups in total. The molecule has 0 amide bonds. The zero-order chi connectivity index (χ0) is 13.5. The maximum atomic E-state index is 9.29. The van der Waals surface area contributed by atoms with E-state index in [1.165, 1.54) is 18.4 Å². The second-order valence-electron chi connectivity index (χ2n) is 5.37. The van der Waals surface area contributed by atoms with Crippen LogP contribution < -0.4 is 0 Å². The first-order valence-electron chi connectivity index (χ1n) is 7.29. The van der Waals surface area contributed by atoms with Gasteiger partial charge in [0.1, 0.15) is 0 Å². The summed E-state index contributed by atoms with van der Waals surface area (Å²) < 4.78 is 5.81. The van der Waals surface area contributed by atoms with Crippen molar-refractivity contribution in [3.63, 3.8) is 0 Å². The molecule has 1 aromatic carbocycles. The van der Waals surface area contributed by atoms with E-state index in [-0.39, 0.29) is 12.6 Å². The summed E-state index contributed by atoms with van der Waals surface area (Å²) in [5.74, 6) is 0. The van der Waals surface area contributed by atoms with Crippen LogP contribution >= 0.6 is 0 Å². The van der Waals surface area contributed by atoms with Crippen LogP contribution in [0.3, 0.4) is 0 Å². The maximum absolute atomic E-state index is 9.29. The molecule has 1 aliphatic rings. The van der Waals surface area contributed by atoms with Crippen LogP contribution in [0.4, 0.5) is 0 Å². The SMILES string of the molecule is CN(CC1CCCCO1)C(CCO)c1ccccc1. The molecule has 1 fully saturated rings. The highest BCUT2D eigenvalue weighted by molar-refractivity contribution is 5.19. The maximum Gasteiger partial charge on any atom is 0.0702 e. The van der Waals surface area contributed by atoms with E-state index in [9.17, 15) is 5.11 Å². The summed E-state index contributed by atoms with van der Waals surface area (Å²) >= 11 is 0. The zero-order valence-electron chi connectivity index (χ0n) is 11.8. The van der Waals surface area contributed by atoms with Crippen LogP contribution in [0, 0.1) is 0 Å². The summed E-state index contributed by atoms with van der Waals surface area (Å²) in [6, 6.07) is 10.7. The van der Waals surface area contributed by atoms with Gasteiger partial charge in [0.05, 0.1) is 6.10 Å². The largest absolute Gasteiger partial charge is 0.396 e. The summed E-state index contributed by atoms with van der Waals surface area (Å²) in [5.41, 5.74) is 1.27. The molecule has 2 rings (SSSR count). The lowest BCUT2D eigenvalue weighted by Crippen LogP contribution is -2.36. The van der Waals surface area contributed by atoms with Crippen LogP contribution in [0.25, 0.3) is 0 Å². The highest BCUT2D eigenvalue weighted by Crippen LogP contribution is 2.24. The minimum atomic E-state index is 0.218. The van der Waals surface area contributed by atoms with Crippen molar-refractivity contribution in [3.05, 3.63) is 35.9 Å². The van der Waals surface area contributed by atoms with E-state index in [4.69, 9.17) is 4.74 Å². The van der Waals surface area contributed by atoms with Gasteiger partial charge in [-0.15, -0.1) is 0 Å². The molecule has 3 nitrogen and oxygen atoms in total. The van der Waals surface area contributed by atoms with Crippen molar-refractivity contribution in [1.29, 1.82) is 0 Å². The molecule has 106 valence electrons.